The van der Waals surface area contributed by atoms with E-state index < -0.39 is 0 Å². The summed E-state index contributed by atoms with van der Waals surface area (Å²) in [7, 11) is 0. The summed E-state index contributed by atoms with van der Waals surface area (Å²) in [5, 5.41) is 0. The highest BCUT2D eigenvalue weighted by Crippen LogP contribution is 2.33. The highest BCUT2D eigenvalue weighted by molar-refractivity contribution is 7.17. The van der Waals surface area contributed by atoms with Crippen molar-refractivity contribution in [1.29, 1.82) is 0 Å². The normalized spacial score (nSPS) is 11.1. The molecule has 0 fully saturated rings. The molecular weight excluding hydrogens is 306 g/mol. The second-order valence-electron chi connectivity index (χ2n) is 5.68. The number of nitrogens with two attached hydrogens (primary N) is 1. The molecular formula is C18H21N3OS. The first-order valence-corrected chi connectivity index (χ1v) is 8.45. The first-order chi connectivity index (χ1) is 11.1. The van der Waals surface area contributed by atoms with Gasteiger partial charge in [-0.05, 0) is 55.8 Å². The molecule has 120 valence electrons. The van der Waals surface area contributed by atoms with Gasteiger partial charge in [-0.25, -0.2) is 4.98 Å². The summed E-state index contributed by atoms with van der Waals surface area (Å²) in [5.74, 6) is 0.855. The van der Waals surface area contributed by atoms with E-state index in [9.17, 15) is 0 Å². The lowest BCUT2D eigenvalue weighted by molar-refractivity contribution is 0.353. The van der Waals surface area contributed by atoms with Crippen molar-refractivity contribution in [3.05, 3.63) is 53.2 Å². The van der Waals surface area contributed by atoms with E-state index in [-0.39, 0.29) is 0 Å². The Morgan fingerprint density at radius 1 is 1.35 bits per heavy atom. The van der Waals surface area contributed by atoms with Crippen LogP contribution in [0, 0.1) is 6.92 Å². The fourth-order valence-electron chi connectivity index (χ4n) is 2.59. The number of imidazole rings is 1. The van der Waals surface area contributed by atoms with Crippen molar-refractivity contribution in [3.8, 4) is 17.0 Å². The smallest absolute Gasteiger partial charge is 0.194 e. The minimum atomic E-state index is 0.545. The zero-order valence-electron chi connectivity index (χ0n) is 13.5. The number of ether oxygens (including phenoxy) is 1. The van der Waals surface area contributed by atoms with Crippen LogP contribution in [0.3, 0.4) is 0 Å². The largest absolute Gasteiger partial charge is 0.489 e. The van der Waals surface area contributed by atoms with Crippen molar-refractivity contribution in [2.24, 2.45) is 5.73 Å². The third-order valence-corrected chi connectivity index (χ3v) is 4.59. The number of hydrogen-bond donors (Lipinski definition) is 1. The van der Waals surface area contributed by atoms with Gasteiger partial charge in [0.1, 0.15) is 12.4 Å². The Hall–Kier alpha value is -2.11. The van der Waals surface area contributed by atoms with E-state index in [1.54, 1.807) is 11.3 Å². The van der Waals surface area contributed by atoms with E-state index in [1.165, 1.54) is 10.6 Å². The molecule has 0 atom stereocenters. The summed E-state index contributed by atoms with van der Waals surface area (Å²) in [6.45, 7) is 9.10. The van der Waals surface area contributed by atoms with Crippen LogP contribution >= 0.6 is 11.3 Å². The van der Waals surface area contributed by atoms with Crippen LogP contribution in [0.1, 0.15) is 17.5 Å². The van der Waals surface area contributed by atoms with Gasteiger partial charge < -0.3 is 10.5 Å². The molecule has 23 heavy (non-hydrogen) atoms. The van der Waals surface area contributed by atoms with Gasteiger partial charge >= 0.3 is 0 Å². The predicted octanol–water partition coefficient (Wildman–Crippen LogP) is 3.83. The van der Waals surface area contributed by atoms with Gasteiger partial charge in [-0.2, -0.15) is 0 Å². The Bertz CT molecular complexity index is 830. The van der Waals surface area contributed by atoms with Crippen LogP contribution in [0.5, 0.6) is 5.75 Å². The zero-order chi connectivity index (χ0) is 16.4. The van der Waals surface area contributed by atoms with Crippen molar-refractivity contribution in [2.45, 2.75) is 20.3 Å². The first-order valence-electron chi connectivity index (χ1n) is 7.63. The molecule has 0 aliphatic rings. The second-order valence-corrected chi connectivity index (χ2v) is 6.86. The quantitative estimate of drug-likeness (QED) is 0.700. The summed E-state index contributed by atoms with van der Waals surface area (Å²) >= 11 is 1.71. The standard InChI is InChI=1S/C18H21N3OS/c1-12(2)11-22-16-6-4-14(5-7-16)17-13(3)23-18-20-10-15(8-9-19)21(17)18/h4-7,10H,1,8-9,11,19H2,2-3H3. The number of fused-ring (bicyclic) bond motifs is 1. The number of thiazole rings is 1. The molecule has 0 amide bonds. The minimum absolute atomic E-state index is 0.545. The van der Waals surface area contributed by atoms with Crippen LogP contribution in [-0.4, -0.2) is 22.5 Å². The molecule has 3 rings (SSSR count). The molecule has 0 aliphatic heterocycles. The van der Waals surface area contributed by atoms with Gasteiger partial charge in [-0.3, -0.25) is 4.40 Å². The summed E-state index contributed by atoms with van der Waals surface area (Å²) in [6, 6.07) is 8.18. The minimum Gasteiger partial charge on any atom is -0.489 e. The first kappa shape index (κ1) is 15.8. The Balaban J connectivity index is 1.97. The van der Waals surface area contributed by atoms with Gasteiger partial charge in [-0.15, -0.1) is 11.3 Å². The number of benzene rings is 1. The molecule has 3 aromatic rings. The fraction of sp³-hybridized carbons (Fsp3) is 0.278. The number of aryl methyl sites for hydroxylation is 1. The summed E-state index contributed by atoms with van der Waals surface area (Å²) in [5.41, 5.74) is 10.2. The van der Waals surface area contributed by atoms with Crippen molar-refractivity contribution in [2.75, 3.05) is 13.2 Å². The molecule has 0 bridgehead atoms. The van der Waals surface area contributed by atoms with Crippen LogP contribution in [-0.2, 0) is 6.42 Å². The summed E-state index contributed by atoms with van der Waals surface area (Å²) < 4.78 is 7.89. The van der Waals surface area contributed by atoms with Crippen LogP contribution in [0.25, 0.3) is 16.2 Å². The third-order valence-electron chi connectivity index (χ3n) is 3.62. The maximum atomic E-state index is 5.72. The Kier molecular flexibility index (Phi) is 4.50. The van der Waals surface area contributed by atoms with Crippen molar-refractivity contribution < 1.29 is 4.74 Å². The van der Waals surface area contributed by atoms with Gasteiger partial charge in [0.2, 0.25) is 0 Å². The Labute approximate surface area is 140 Å². The summed E-state index contributed by atoms with van der Waals surface area (Å²) in [4.78, 5) is 6.77. The molecule has 0 aliphatic carbocycles. The van der Waals surface area contributed by atoms with E-state index >= 15 is 0 Å². The maximum Gasteiger partial charge on any atom is 0.194 e. The van der Waals surface area contributed by atoms with E-state index in [2.05, 4.69) is 35.0 Å². The van der Waals surface area contributed by atoms with Crippen LogP contribution in [0.4, 0.5) is 0 Å². The van der Waals surface area contributed by atoms with E-state index in [1.807, 2.05) is 25.3 Å². The van der Waals surface area contributed by atoms with E-state index in [4.69, 9.17) is 10.5 Å². The van der Waals surface area contributed by atoms with Gasteiger partial charge in [0, 0.05) is 17.0 Å². The molecule has 0 unspecified atom stereocenters. The lowest BCUT2D eigenvalue weighted by Gasteiger charge is -2.08. The molecule has 0 radical (unpaired) electrons. The van der Waals surface area contributed by atoms with Crippen molar-refractivity contribution in [3.63, 3.8) is 0 Å². The number of nitrogens with zero attached hydrogens (tertiary/aromatic N) is 2. The van der Waals surface area contributed by atoms with Crippen LogP contribution < -0.4 is 10.5 Å². The van der Waals surface area contributed by atoms with Gasteiger partial charge in [0.05, 0.1) is 11.9 Å². The molecule has 0 saturated carbocycles. The summed E-state index contributed by atoms with van der Waals surface area (Å²) in [6.07, 6.45) is 2.75. The number of hydrogen-bond acceptors (Lipinski definition) is 4. The average Bonchev–Trinajstić information content (AvgIpc) is 3.05. The molecule has 1 aromatic carbocycles. The molecule has 0 spiro atoms. The molecule has 2 aromatic heterocycles. The van der Waals surface area contributed by atoms with Crippen LogP contribution in [0.15, 0.2) is 42.6 Å². The maximum absolute atomic E-state index is 5.72. The number of aromatic nitrogens is 2. The number of rotatable bonds is 6. The molecule has 2 N–H and O–H groups in total. The fourth-order valence-corrected chi connectivity index (χ4v) is 3.58. The van der Waals surface area contributed by atoms with Crippen LogP contribution in [0.2, 0.25) is 0 Å². The molecule has 5 heteroatoms. The van der Waals surface area contributed by atoms with E-state index in [0.717, 1.165) is 34.0 Å². The van der Waals surface area contributed by atoms with Gasteiger partial charge in [-0.1, -0.05) is 6.58 Å². The topological polar surface area (TPSA) is 52.5 Å². The van der Waals surface area contributed by atoms with Gasteiger partial charge in [0.15, 0.2) is 4.96 Å². The average molecular weight is 327 g/mol. The predicted molar refractivity (Wildman–Crippen MR) is 96.3 cm³/mol. The SMILES string of the molecule is C=C(C)COc1ccc(-c2c(C)sc3ncc(CCN)n23)cc1. The van der Waals surface area contributed by atoms with Crippen molar-refractivity contribution >= 4 is 16.3 Å². The Morgan fingerprint density at radius 3 is 2.74 bits per heavy atom. The monoisotopic (exact) mass is 327 g/mol. The highest BCUT2D eigenvalue weighted by Gasteiger charge is 2.15. The van der Waals surface area contributed by atoms with Crippen molar-refractivity contribution in [1.82, 2.24) is 9.38 Å². The third kappa shape index (κ3) is 3.16. The zero-order valence-corrected chi connectivity index (χ0v) is 14.3. The van der Waals surface area contributed by atoms with E-state index in [0.29, 0.717) is 13.2 Å². The lowest BCUT2D eigenvalue weighted by Crippen LogP contribution is -2.05. The molecule has 4 nitrogen and oxygen atoms in total. The van der Waals surface area contributed by atoms with Gasteiger partial charge in [0.25, 0.3) is 0 Å². The lowest BCUT2D eigenvalue weighted by atomic mass is 10.1. The second kappa shape index (κ2) is 6.56. The highest BCUT2D eigenvalue weighted by atomic mass is 32.1. The molecule has 2 heterocycles. The molecule has 0 saturated heterocycles. The Morgan fingerprint density at radius 2 is 2.09 bits per heavy atom.